The highest BCUT2D eigenvalue weighted by atomic mass is 32.2. The Labute approximate surface area is 325 Å². The number of allylic oxidation sites excluding steroid dienone is 3. The Morgan fingerprint density at radius 2 is 1.69 bits per heavy atom. The third-order valence-corrected chi connectivity index (χ3v) is 20.6. The molecular weight excluding hydrogens is 693 g/mol. The Kier molecular flexibility index (Phi) is 9.55. The van der Waals surface area contributed by atoms with Crippen LogP contribution < -0.4 is 5.32 Å². The normalized spacial score (nSPS) is 44.0. The molecule has 0 bridgehead atoms. The summed E-state index contributed by atoms with van der Waals surface area (Å²) in [6.07, 6.45) is 14.3. The lowest BCUT2D eigenvalue weighted by atomic mass is 9.33. The summed E-state index contributed by atoms with van der Waals surface area (Å²) in [6.45, 7) is 22.8. The predicted octanol–water partition coefficient (Wildman–Crippen LogP) is 8.11. The minimum absolute atomic E-state index is 0.0177. The van der Waals surface area contributed by atoms with Crippen LogP contribution in [-0.2, 0) is 9.84 Å². The van der Waals surface area contributed by atoms with Crippen LogP contribution in [0.15, 0.2) is 42.5 Å². The number of carbonyl (C=O) groups is 1. The van der Waals surface area contributed by atoms with Gasteiger partial charge < -0.3 is 15.5 Å². The molecule has 6 fully saturated rings. The van der Waals surface area contributed by atoms with Crippen molar-refractivity contribution in [1.29, 1.82) is 0 Å². The highest BCUT2D eigenvalue weighted by Crippen LogP contribution is 2.77. The maximum Gasteiger partial charge on any atom is 0.335 e. The summed E-state index contributed by atoms with van der Waals surface area (Å²) in [6, 6.07) is 7.56. The van der Waals surface area contributed by atoms with Gasteiger partial charge in [0, 0.05) is 31.7 Å². The fraction of sp³-hybridized carbons (Fsp3) is 0.761. The number of sulfone groups is 1. The van der Waals surface area contributed by atoms with Crippen LogP contribution >= 0.6 is 0 Å². The van der Waals surface area contributed by atoms with Gasteiger partial charge in [0.1, 0.15) is 0 Å². The maximum absolute atomic E-state index is 12.7. The van der Waals surface area contributed by atoms with Gasteiger partial charge in [0.15, 0.2) is 9.84 Å². The molecule has 0 amide bonds. The standard InChI is InChI=1S/C46H68N2O5S/c1-29(2)33-14-19-46(48(24-25-49)23-22-47-27-37-34-26-32(34)28-54(37,52)53)21-20-44(6)36(40(33)46)12-13-39-43(5)17-15-35(30-8-10-31(11-9-30)41(50)51)42(3,4)38(43)16-18-45(39,44)7/h8-11,15,32-34,36-40,47,49H,1,12-14,16-28H2,2-7H3,(H,50,51)/t32-,33-,34?,36+,37+,38-,39+,40+,43-,44+,45+,46-/m0/s1. The third kappa shape index (κ3) is 5.63. The van der Waals surface area contributed by atoms with Crippen molar-refractivity contribution in [2.75, 3.05) is 38.5 Å². The fourth-order valence-electron chi connectivity index (χ4n) is 15.6. The molecular formula is C46H68N2O5S. The van der Waals surface area contributed by atoms with Crippen molar-refractivity contribution in [3.05, 3.63) is 53.6 Å². The van der Waals surface area contributed by atoms with Crippen molar-refractivity contribution in [2.24, 2.45) is 63.1 Å². The molecule has 1 unspecified atom stereocenters. The van der Waals surface area contributed by atoms with Crippen molar-refractivity contribution < 1.29 is 23.4 Å². The summed E-state index contributed by atoms with van der Waals surface area (Å²) >= 11 is 0. The second kappa shape index (κ2) is 13.3. The minimum atomic E-state index is -2.97. The number of aliphatic hydroxyl groups excluding tert-OH is 1. The number of aromatic carboxylic acids is 1. The van der Waals surface area contributed by atoms with E-state index in [4.69, 9.17) is 0 Å². The lowest BCUT2D eigenvalue weighted by Gasteiger charge is -2.73. The minimum Gasteiger partial charge on any atom is -0.478 e. The van der Waals surface area contributed by atoms with Crippen LogP contribution in [0.5, 0.6) is 0 Å². The molecule has 7 nitrogen and oxygen atoms in total. The molecule has 3 N–H and O–H groups in total. The number of β-amino-alcohol motifs (C(OH)–C–C–N with tert-alkyl or cyclic N) is 1. The number of rotatable bonds is 11. The van der Waals surface area contributed by atoms with Gasteiger partial charge in [0.25, 0.3) is 0 Å². The molecule has 0 aromatic heterocycles. The highest BCUT2D eigenvalue weighted by molar-refractivity contribution is 7.92. The Morgan fingerprint density at radius 3 is 2.33 bits per heavy atom. The fourth-order valence-corrected chi connectivity index (χ4v) is 18.0. The van der Waals surface area contributed by atoms with Crippen molar-refractivity contribution in [3.63, 3.8) is 0 Å². The summed E-state index contributed by atoms with van der Waals surface area (Å²) in [5.74, 6) is 3.04. The number of fused-ring (bicyclic) bond motifs is 8. The summed E-state index contributed by atoms with van der Waals surface area (Å²) in [4.78, 5) is 14.3. The van der Waals surface area contributed by atoms with E-state index in [1.54, 1.807) is 12.1 Å². The Morgan fingerprint density at radius 1 is 0.944 bits per heavy atom. The smallest absolute Gasteiger partial charge is 0.335 e. The first-order chi connectivity index (χ1) is 25.4. The van der Waals surface area contributed by atoms with E-state index in [1.807, 2.05) is 12.1 Å². The number of nitrogens with one attached hydrogen (secondary N) is 1. The molecule has 1 aromatic carbocycles. The molecule has 7 aliphatic rings. The van der Waals surface area contributed by atoms with E-state index in [0.717, 1.165) is 44.3 Å². The largest absolute Gasteiger partial charge is 0.478 e. The Balaban J connectivity index is 1.06. The van der Waals surface area contributed by atoms with E-state index in [2.05, 4.69) is 64.4 Å². The summed E-state index contributed by atoms with van der Waals surface area (Å²) in [5.41, 5.74) is 4.83. The van der Waals surface area contributed by atoms with Crippen molar-refractivity contribution in [3.8, 4) is 0 Å². The first-order valence-corrected chi connectivity index (χ1v) is 23.1. The Hall–Kier alpha value is -2.00. The lowest BCUT2D eigenvalue weighted by molar-refractivity contribution is -0.228. The van der Waals surface area contributed by atoms with Crippen molar-refractivity contribution >= 4 is 21.4 Å². The van der Waals surface area contributed by atoms with Crippen LogP contribution in [0.1, 0.15) is 122 Å². The van der Waals surface area contributed by atoms with Gasteiger partial charge in [-0.15, -0.1) is 0 Å². The van der Waals surface area contributed by atoms with Crippen LogP contribution in [0.4, 0.5) is 0 Å². The molecule has 6 aliphatic carbocycles. The van der Waals surface area contributed by atoms with Gasteiger partial charge >= 0.3 is 5.97 Å². The molecule has 298 valence electrons. The van der Waals surface area contributed by atoms with Gasteiger partial charge in [-0.2, -0.15) is 0 Å². The summed E-state index contributed by atoms with van der Waals surface area (Å²) < 4.78 is 25.5. The van der Waals surface area contributed by atoms with E-state index < -0.39 is 15.8 Å². The van der Waals surface area contributed by atoms with Gasteiger partial charge in [0.05, 0.1) is 23.2 Å². The quantitative estimate of drug-likeness (QED) is 0.155. The topological polar surface area (TPSA) is 107 Å². The lowest BCUT2D eigenvalue weighted by Crippen LogP contribution is -2.68. The second-order valence-corrected chi connectivity index (χ2v) is 22.9. The summed E-state index contributed by atoms with van der Waals surface area (Å²) in [7, 11) is -2.97. The van der Waals surface area contributed by atoms with Crippen LogP contribution in [0.25, 0.3) is 5.57 Å². The van der Waals surface area contributed by atoms with Gasteiger partial charge in [0.2, 0.25) is 0 Å². The molecule has 54 heavy (non-hydrogen) atoms. The molecule has 1 saturated heterocycles. The molecule has 1 heterocycles. The number of benzene rings is 1. The van der Waals surface area contributed by atoms with E-state index in [0.29, 0.717) is 65.8 Å². The van der Waals surface area contributed by atoms with Crippen molar-refractivity contribution in [1.82, 2.24) is 10.2 Å². The third-order valence-electron chi connectivity index (χ3n) is 18.3. The molecule has 5 saturated carbocycles. The molecule has 8 rings (SSSR count). The van der Waals surface area contributed by atoms with Gasteiger partial charge in [-0.05, 0) is 157 Å². The van der Waals surface area contributed by atoms with Crippen LogP contribution in [0.2, 0.25) is 0 Å². The zero-order valence-corrected chi connectivity index (χ0v) is 34.8. The van der Waals surface area contributed by atoms with Crippen molar-refractivity contribution in [2.45, 2.75) is 117 Å². The monoisotopic (exact) mass is 760 g/mol. The van der Waals surface area contributed by atoms with Gasteiger partial charge in [-0.1, -0.05) is 65.0 Å². The Bertz CT molecular complexity index is 1800. The van der Waals surface area contributed by atoms with Gasteiger partial charge in [-0.3, -0.25) is 4.90 Å². The average molecular weight is 761 g/mol. The first kappa shape index (κ1) is 38.9. The van der Waals surface area contributed by atoms with Crippen LogP contribution in [-0.4, -0.2) is 78.8 Å². The number of hydrogen-bond acceptors (Lipinski definition) is 6. The predicted molar refractivity (Wildman–Crippen MR) is 217 cm³/mol. The second-order valence-electron chi connectivity index (χ2n) is 20.7. The molecule has 0 radical (unpaired) electrons. The zero-order valence-electron chi connectivity index (χ0n) is 34.0. The molecule has 0 spiro atoms. The number of aliphatic hydroxyl groups is 1. The van der Waals surface area contributed by atoms with E-state index in [9.17, 15) is 23.4 Å². The maximum atomic E-state index is 12.7. The van der Waals surface area contributed by atoms with E-state index in [-0.39, 0.29) is 39.1 Å². The van der Waals surface area contributed by atoms with Crippen LogP contribution in [0, 0.1) is 63.1 Å². The summed E-state index contributed by atoms with van der Waals surface area (Å²) in [5, 5.41) is 23.4. The molecule has 1 aromatic rings. The number of hydrogen-bond donors (Lipinski definition) is 3. The molecule has 1 aliphatic heterocycles. The highest BCUT2D eigenvalue weighted by Gasteiger charge is 2.71. The molecule has 12 atom stereocenters. The SMILES string of the molecule is C=C(C)[C@@H]1CC[C@]2(N(CCO)CCNC[C@@H]3C4C[C@H]4CS3(=O)=O)CC[C@]3(C)[C@H](CC[C@@H]4[C@@]5(C)CC=C(c6ccc(C(=O)O)cc6)C(C)(C)[C@@H]5CC[C@]43C)[C@@H]12. The first-order valence-electron chi connectivity index (χ1n) is 21.4. The average Bonchev–Trinajstić information content (AvgIpc) is 3.63. The zero-order chi connectivity index (χ0) is 38.6. The van der Waals surface area contributed by atoms with E-state index >= 15 is 0 Å². The van der Waals surface area contributed by atoms with E-state index in [1.165, 1.54) is 49.7 Å². The van der Waals surface area contributed by atoms with Crippen LogP contribution in [0.3, 0.4) is 0 Å². The number of nitrogens with zero attached hydrogens (tertiary/aromatic N) is 1. The number of carboxylic acid groups (broad SMARTS) is 1. The molecule has 8 heteroatoms. The van der Waals surface area contributed by atoms with Gasteiger partial charge in [-0.25, -0.2) is 13.2 Å². The number of carboxylic acids is 1.